The number of halogens is 1. The number of ether oxygens (including phenoxy) is 2. The summed E-state index contributed by atoms with van der Waals surface area (Å²) in [5.41, 5.74) is 0.941. The van der Waals surface area contributed by atoms with E-state index in [-0.39, 0.29) is 5.97 Å². The van der Waals surface area contributed by atoms with E-state index in [2.05, 4.69) is 15.9 Å². The third-order valence-electron chi connectivity index (χ3n) is 2.13. The van der Waals surface area contributed by atoms with Gasteiger partial charge in [-0.25, -0.2) is 4.79 Å². The average Bonchev–Trinajstić information content (AvgIpc) is 2.38. The maximum atomic E-state index is 11.1. The van der Waals surface area contributed by atoms with E-state index in [0.29, 0.717) is 13.2 Å². The molecule has 18 heavy (non-hydrogen) atoms. The molecule has 0 bridgehead atoms. The summed E-state index contributed by atoms with van der Waals surface area (Å²) >= 11 is 3.35. The van der Waals surface area contributed by atoms with Gasteiger partial charge in [0.05, 0.1) is 13.2 Å². The van der Waals surface area contributed by atoms with Crippen molar-refractivity contribution in [1.82, 2.24) is 0 Å². The first-order chi connectivity index (χ1) is 8.76. The van der Waals surface area contributed by atoms with Crippen LogP contribution in [-0.4, -0.2) is 24.5 Å². The predicted molar refractivity (Wildman–Crippen MR) is 76.0 cm³/mol. The first kappa shape index (κ1) is 14.8. The lowest BCUT2D eigenvalue weighted by atomic mass is 10.2. The molecule has 0 saturated heterocycles. The van der Waals surface area contributed by atoms with E-state index in [1.807, 2.05) is 24.3 Å². The van der Waals surface area contributed by atoms with Gasteiger partial charge in [-0.05, 0) is 37.1 Å². The normalized spacial score (nSPS) is 10.6. The molecule has 0 radical (unpaired) electrons. The molecule has 0 aliphatic heterocycles. The molecule has 1 aromatic rings. The Morgan fingerprint density at radius 1 is 1.33 bits per heavy atom. The molecule has 0 N–H and O–H groups in total. The van der Waals surface area contributed by atoms with Crippen LogP contribution in [0.3, 0.4) is 0 Å². The Hall–Kier alpha value is -1.29. The highest BCUT2D eigenvalue weighted by Gasteiger charge is 1.96. The Labute approximate surface area is 116 Å². The minimum absolute atomic E-state index is 0.324. The number of benzene rings is 1. The Bertz CT molecular complexity index is 385. The van der Waals surface area contributed by atoms with Gasteiger partial charge in [-0.3, -0.25) is 0 Å². The standard InChI is InChI=1S/C14H17BrO3/c1-2-17-14(16)9-6-12-4-7-13(8-5-12)18-11-3-10-15/h4-9H,2-3,10-11H2,1H3/b9-6+. The largest absolute Gasteiger partial charge is 0.494 e. The summed E-state index contributed by atoms with van der Waals surface area (Å²) in [5.74, 6) is 0.513. The topological polar surface area (TPSA) is 35.5 Å². The van der Waals surface area contributed by atoms with E-state index in [9.17, 15) is 4.79 Å². The van der Waals surface area contributed by atoms with E-state index < -0.39 is 0 Å². The van der Waals surface area contributed by atoms with E-state index >= 15 is 0 Å². The number of carbonyl (C=O) groups excluding carboxylic acids is 1. The third kappa shape index (κ3) is 5.87. The minimum Gasteiger partial charge on any atom is -0.494 e. The van der Waals surface area contributed by atoms with E-state index in [1.165, 1.54) is 6.08 Å². The zero-order valence-electron chi connectivity index (χ0n) is 10.4. The molecule has 0 unspecified atom stereocenters. The van der Waals surface area contributed by atoms with Crippen LogP contribution in [0.25, 0.3) is 6.08 Å². The quantitative estimate of drug-likeness (QED) is 0.335. The fourth-order valence-electron chi connectivity index (χ4n) is 1.27. The molecule has 0 saturated carbocycles. The highest BCUT2D eigenvalue weighted by Crippen LogP contribution is 2.13. The molecule has 0 fully saturated rings. The van der Waals surface area contributed by atoms with Crippen molar-refractivity contribution < 1.29 is 14.3 Å². The zero-order valence-corrected chi connectivity index (χ0v) is 12.0. The van der Waals surface area contributed by atoms with Crippen molar-refractivity contribution >= 4 is 28.0 Å². The smallest absolute Gasteiger partial charge is 0.330 e. The number of esters is 1. The molecule has 0 amide bonds. The second-order valence-corrected chi connectivity index (χ2v) is 4.34. The number of rotatable bonds is 7. The van der Waals surface area contributed by atoms with Crippen LogP contribution in [0.2, 0.25) is 0 Å². The third-order valence-corrected chi connectivity index (χ3v) is 2.69. The van der Waals surface area contributed by atoms with Crippen LogP contribution in [-0.2, 0) is 9.53 Å². The van der Waals surface area contributed by atoms with Gasteiger partial charge in [0.25, 0.3) is 0 Å². The van der Waals surface area contributed by atoms with Crippen molar-refractivity contribution in [1.29, 1.82) is 0 Å². The van der Waals surface area contributed by atoms with Crippen molar-refractivity contribution in [3.05, 3.63) is 35.9 Å². The van der Waals surface area contributed by atoms with Gasteiger partial charge in [0, 0.05) is 11.4 Å². The van der Waals surface area contributed by atoms with Crippen molar-refractivity contribution in [3.8, 4) is 5.75 Å². The van der Waals surface area contributed by atoms with E-state index in [0.717, 1.165) is 23.1 Å². The van der Waals surface area contributed by atoms with Gasteiger partial charge in [-0.15, -0.1) is 0 Å². The molecule has 0 aliphatic rings. The summed E-state index contributed by atoms with van der Waals surface area (Å²) in [6.45, 7) is 2.87. The number of hydrogen-bond donors (Lipinski definition) is 0. The molecule has 0 aromatic heterocycles. The minimum atomic E-state index is -0.324. The first-order valence-corrected chi connectivity index (χ1v) is 7.02. The van der Waals surface area contributed by atoms with Crippen LogP contribution in [0.1, 0.15) is 18.9 Å². The fraction of sp³-hybridized carbons (Fsp3) is 0.357. The Kier molecular flexibility index (Phi) is 7.18. The molecule has 0 atom stereocenters. The lowest BCUT2D eigenvalue weighted by Gasteiger charge is -2.04. The average molecular weight is 313 g/mol. The molecule has 1 rings (SSSR count). The van der Waals surface area contributed by atoms with Gasteiger partial charge in [0.2, 0.25) is 0 Å². The van der Waals surface area contributed by atoms with Gasteiger partial charge >= 0.3 is 5.97 Å². The maximum absolute atomic E-state index is 11.1. The molecule has 4 heteroatoms. The molecular formula is C14H17BrO3. The summed E-state index contributed by atoms with van der Waals surface area (Å²) in [4.78, 5) is 11.1. The number of alkyl halides is 1. The van der Waals surface area contributed by atoms with Gasteiger partial charge in [0.1, 0.15) is 5.75 Å². The molecule has 3 nitrogen and oxygen atoms in total. The first-order valence-electron chi connectivity index (χ1n) is 5.90. The van der Waals surface area contributed by atoms with Gasteiger partial charge < -0.3 is 9.47 Å². The number of hydrogen-bond acceptors (Lipinski definition) is 3. The van der Waals surface area contributed by atoms with Crippen LogP contribution >= 0.6 is 15.9 Å². The van der Waals surface area contributed by atoms with Crippen molar-refractivity contribution in [3.63, 3.8) is 0 Å². The summed E-state index contributed by atoms with van der Waals surface area (Å²) in [6, 6.07) is 7.58. The highest BCUT2D eigenvalue weighted by molar-refractivity contribution is 9.09. The monoisotopic (exact) mass is 312 g/mol. The Balaban J connectivity index is 2.47. The molecular weight excluding hydrogens is 296 g/mol. The van der Waals surface area contributed by atoms with Crippen LogP contribution < -0.4 is 4.74 Å². The van der Waals surface area contributed by atoms with Gasteiger partial charge in [0.15, 0.2) is 0 Å². The second kappa shape index (κ2) is 8.75. The zero-order chi connectivity index (χ0) is 13.2. The summed E-state index contributed by atoms with van der Waals surface area (Å²) in [7, 11) is 0. The van der Waals surface area contributed by atoms with Crippen molar-refractivity contribution in [2.24, 2.45) is 0 Å². The fourth-order valence-corrected chi connectivity index (χ4v) is 1.50. The second-order valence-electron chi connectivity index (χ2n) is 3.55. The van der Waals surface area contributed by atoms with Crippen LogP contribution in [0.5, 0.6) is 5.75 Å². The molecule has 0 spiro atoms. The molecule has 1 aromatic carbocycles. The van der Waals surface area contributed by atoms with E-state index in [4.69, 9.17) is 9.47 Å². The molecule has 0 aliphatic carbocycles. The summed E-state index contributed by atoms with van der Waals surface area (Å²) in [5, 5.41) is 0.938. The van der Waals surface area contributed by atoms with Crippen LogP contribution in [0, 0.1) is 0 Å². The Morgan fingerprint density at radius 3 is 2.67 bits per heavy atom. The van der Waals surface area contributed by atoms with Crippen molar-refractivity contribution in [2.45, 2.75) is 13.3 Å². The number of carbonyl (C=O) groups is 1. The van der Waals surface area contributed by atoms with Crippen molar-refractivity contribution in [2.75, 3.05) is 18.5 Å². The summed E-state index contributed by atoms with van der Waals surface area (Å²) in [6.07, 6.45) is 4.12. The lowest BCUT2D eigenvalue weighted by molar-refractivity contribution is -0.137. The van der Waals surface area contributed by atoms with E-state index in [1.54, 1.807) is 13.0 Å². The predicted octanol–water partition coefficient (Wildman–Crippen LogP) is 3.43. The lowest BCUT2D eigenvalue weighted by Crippen LogP contribution is -1.98. The SMILES string of the molecule is CCOC(=O)/C=C/c1ccc(OCCCBr)cc1. The van der Waals surface area contributed by atoms with Crippen LogP contribution in [0.4, 0.5) is 0 Å². The molecule has 0 heterocycles. The highest BCUT2D eigenvalue weighted by atomic mass is 79.9. The molecule has 98 valence electrons. The van der Waals surface area contributed by atoms with Gasteiger partial charge in [-0.2, -0.15) is 0 Å². The van der Waals surface area contributed by atoms with Gasteiger partial charge in [-0.1, -0.05) is 28.1 Å². The Morgan fingerprint density at radius 2 is 2.06 bits per heavy atom. The maximum Gasteiger partial charge on any atom is 0.330 e. The summed E-state index contributed by atoms with van der Waals surface area (Å²) < 4.78 is 10.3. The van der Waals surface area contributed by atoms with Crippen LogP contribution in [0.15, 0.2) is 30.3 Å².